The quantitative estimate of drug-likeness (QED) is 0.0839. The minimum Gasteiger partial charge on any atom is -0.294 e. The van der Waals surface area contributed by atoms with Crippen LogP contribution in [0.25, 0.3) is 5.57 Å². The molecule has 0 radical (unpaired) electrons. The molecule has 1 fully saturated rings. The molecule has 0 bridgehead atoms. The van der Waals surface area contributed by atoms with Gasteiger partial charge < -0.3 is 0 Å². The molecule has 8 heteroatoms. The van der Waals surface area contributed by atoms with Crippen LogP contribution in [-0.4, -0.2) is 29.2 Å². The van der Waals surface area contributed by atoms with Gasteiger partial charge in [-0.15, -0.1) is 6.58 Å². The van der Waals surface area contributed by atoms with Crippen LogP contribution in [0, 0.1) is 0 Å². The van der Waals surface area contributed by atoms with E-state index in [1.54, 1.807) is 12.1 Å². The summed E-state index contributed by atoms with van der Waals surface area (Å²) in [6, 6.07) is 48.4. The third kappa shape index (κ3) is 7.37. The number of halogens is 3. The van der Waals surface area contributed by atoms with Gasteiger partial charge in [0.25, 0.3) is 0 Å². The summed E-state index contributed by atoms with van der Waals surface area (Å²) in [5.74, 6) is 0. The molecule has 0 N–H and O–H groups in total. The molecule has 5 aromatic carbocycles. The van der Waals surface area contributed by atoms with Crippen molar-refractivity contribution in [2.24, 2.45) is 0 Å². The Hall–Kier alpha value is -3.79. The van der Waals surface area contributed by atoms with Crippen molar-refractivity contribution in [1.29, 1.82) is 0 Å². The molecule has 1 heterocycles. The summed E-state index contributed by atoms with van der Waals surface area (Å²) >= 11 is 0. The fourth-order valence-electron chi connectivity index (χ4n) is 6.30. The second kappa shape index (κ2) is 15.0. The highest BCUT2D eigenvalue weighted by Crippen LogP contribution is 2.51. The van der Waals surface area contributed by atoms with Crippen molar-refractivity contribution in [2.45, 2.75) is 19.5 Å². The second-order valence-electron chi connectivity index (χ2n) is 11.4. The van der Waals surface area contributed by atoms with Gasteiger partial charge in [0, 0.05) is 29.2 Å². The molecule has 0 saturated carbocycles. The molecule has 2 nitrogen and oxygen atoms in total. The zero-order valence-electron chi connectivity index (χ0n) is 26.3. The molecule has 0 aromatic heterocycles. The second-order valence-corrected chi connectivity index (χ2v) is 15.7. The van der Waals surface area contributed by atoms with Crippen LogP contribution in [0.2, 0.25) is 0 Å². The zero-order chi connectivity index (χ0) is 32.8. The maximum absolute atomic E-state index is 13.6. The SMILES string of the molecule is C=CC/C(=C(\C)B1N(P(c2ccccc2)c2ccccc2)CCN1P(c1ccccc1)c1ccccc1)c1ccc(C(F)(F)F)cc1. The van der Waals surface area contributed by atoms with E-state index >= 15 is 0 Å². The lowest BCUT2D eigenvalue weighted by molar-refractivity contribution is -0.137. The summed E-state index contributed by atoms with van der Waals surface area (Å²) in [4.78, 5) is 0. The highest BCUT2D eigenvalue weighted by atomic mass is 31.1. The van der Waals surface area contributed by atoms with Gasteiger partial charge >= 0.3 is 13.2 Å². The average molecular weight is 662 g/mol. The van der Waals surface area contributed by atoms with Crippen LogP contribution < -0.4 is 21.2 Å². The smallest absolute Gasteiger partial charge is 0.294 e. The summed E-state index contributed by atoms with van der Waals surface area (Å²) in [5, 5.41) is 5.04. The van der Waals surface area contributed by atoms with Crippen LogP contribution in [0.1, 0.15) is 24.5 Å². The van der Waals surface area contributed by atoms with Gasteiger partial charge in [-0.2, -0.15) is 13.2 Å². The van der Waals surface area contributed by atoms with Gasteiger partial charge in [-0.1, -0.05) is 145 Å². The number of allylic oxidation sites excluding steroid dienone is 3. The van der Waals surface area contributed by atoms with Gasteiger partial charge in [-0.25, -0.2) is 0 Å². The predicted molar refractivity (Wildman–Crippen MR) is 196 cm³/mol. The molecule has 0 unspecified atom stereocenters. The first-order valence-electron chi connectivity index (χ1n) is 15.7. The Kier molecular flexibility index (Phi) is 10.6. The maximum atomic E-state index is 13.6. The van der Waals surface area contributed by atoms with Crippen molar-refractivity contribution in [3.8, 4) is 0 Å². The summed E-state index contributed by atoms with van der Waals surface area (Å²) in [6.07, 6.45) is -2.00. The fourth-order valence-corrected chi connectivity index (χ4v) is 11.6. The molecular formula is C39H36BF3N2P2. The molecule has 5 aromatic rings. The van der Waals surface area contributed by atoms with Crippen LogP contribution in [0.5, 0.6) is 0 Å². The standard InChI is InChI=1S/C39H36BF3N2P2/c1-3-16-38(32-25-27-33(28-26-32)39(41,42)43)31(2)40-44(46(34-17-8-4-9-18-34)35-19-10-5-11-20-35)29-30-45(40)47(36-21-12-6-13-22-36)37-23-14-7-15-24-37/h3-15,17-28H,1,16,29-30H2,2H3/b38-31-. The Morgan fingerprint density at radius 1 is 0.638 bits per heavy atom. The molecule has 236 valence electrons. The first kappa shape index (κ1) is 33.1. The van der Waals surface area contributed by atoms with Crippen LogP contribution in [-0.2, 0) is 6.18 Å². The van der Waals surface area contributed by atoms with Crippen molar-refractivity contribution >= 4 is 49.9 Å². The third-order valence-electron chi connectivity index (χ3n) is 8.41. The van der Waals surface area contributed by atoms with E-state index in [1.165, 1.54) is 33.4 Å². The minimum atomic E-state index is -4.39. The molecular weight excluding hydrogens is 626 g/mol. The number of rotatable bonds is 10. The molecule has 0 amide bonds. The van der Waals surface area contributed by atoms with E-state index in [-0.39, 0.29) is 6.98 Å². The lowest BCUT2D eigenvalue weighted by Gasteiger charge is -2.38. The van der Waals surface area contributed by atoms with Crippen molar-refractivity contribution < 1.29 is 13.2 Å². The Labute approximate surface area is 279 Å². The van der Waals surface area contributed by atoms with Crippen molar-refractivity contribution in [3.63, 3.8) is 0 Å². The van der Waals surface area contributed by atoms with E-state index in [1.807, 2.05) is 6.08 Å². The van der Waals surface area contributed by atoms with Gasteiger partial charge in [-0.3, -0.25) is 9.16 Å². The number of hydrogen-bond donors (Lipinski definition) is 0. The van der Waals surface area contributed by atoms with Crippen LogP contribution in [0.15, 0.2) is 164 Å². The van der Waals surface area contributed by atoms with Gasteiger partial charge in [0.2, 0.25) is 0 Å². The Balaban J connectivity index is 1.56. The Morgan fingerprint density at radius 3 is 1.32 bits per heavy atom. The fraction of sp³-hybridized carbons (Fsp3) is 0.128. The Morgan fingerprint density at radius 2 is 1.00 bits per heavy atom. The first-order chi connectivity index (χ1) is 22.9. The molecule has 1 aliphatic heterocycles. The van der Waals surface area contributed by atoms with Crippen molar-refractivity contribution in [3.05, 3.63) is 175 Å². The van der Waals surface area contributed by atoms with Gasteiger partial charge in [0.05, 0.1) is 5.56 Å². The number of nitrogens with zero attached hydrogens (tertiary/aromatic N) is 2. The molecule has 6 rings (SSSR count). The normalized spacial score (nSPS) is 14.9. The van der Waals surface area contributed by atoms with E-state index in [9.17, 15) is 13.2 Å². The van der Waals surface area contributed by atoms with Crippen molar-refractivity contribution in [1.82, 2.24) is 9.16 Å². The molecule has 1 saturated heterocycles. The third-order valence-corrected chi connectivity index (χ3v) is 13.4. The van der Waals surface area contributed by atoms with E-state index in [0.717, 1.165) is 29.7 Å². The number of hydrogen-bond acceptors (Lipinski definition) is 2. The molecule has 1 aliphatic rings. The minimum absolute atomic E-state index is 0.120. The first-order valence-corrected chi connectivity index (χ1v) is 18.3. The average Bonchev–Trinajstić information content (AvgIpc) is 3.52. The van der Waals surface area contributed by atoms with Gasteiger partial charge in [0.15, 0.2) is 0 Å². The number of benzene rings is 5. The van der Waals surface area contributed by atoms with E-state index < -0.39 is 27.9 Å². The zero-order valence-corrected chi connectivity index (χ0v) is 28.1. The number of alkyl halides is 3. The van der Waals surface area contributed by atoms with Gasteiger partial charge in [-0.05, 0) is 57.8 Å². The summed E-state index contributed by atoms with van der Waals surface area (Å²) in [5.41, 5.74) is 2.27. The lowest BCUT2D eigenvalue weighted by atomic mass is 9.66. The molecule has 47 heavy (non-hydrogen) atoms. The summed E-state index contributed by atoms with van der Waals surface area (Å²) in [6.45, 7) is 7.78. The lowest BCUT2D eigenvalue weighted by Crippen LogP contribution is -2.46. The van der Waals surface area contributed by atoms with Gasteiger partial charge in [0.1, 0.15) is 0 Å². The van der Waals surface area contributed by atoms with Crippen molar-refractivity contribution in [2.75, 3.05) is 13.1 Å². The predicted octanol–water partition coefficient (Wildman–Crippen LogP) is 8.80. The molecule has 0 atom stereocenters. The monoisotopic (exact) mass is 662 g/mol. The molecule has 0 aliphatic carbocycles. The molecule has 0 spiro atoms. The largest absolute Gasteiger partial charge is 0.416 e. The van der Waals surface area contributed by atoms with Crippen LogP contribution in [0.3, 0.4) is 0 Å². The summed E-state index contributed by atoms with van der Waals surface area (Å²) in [7, 11) is -1.89. The van der Waals surface area contributed by atoms with Crippen LogP contribution in [0.4, 0.5) is 13.2 Å². The Bertz CT molecular complexity index is 1620. The van der Waals surface area contributed by atoms with Crippen LogP contribution >= 0.6 is 16.1 Å². The van der Waals surface area contributed by atoms with E-state index in [4.69, 9.17) is 0 Å². The van der Waals surface area contributed by atoms with E-state index in [2.05, 4.69) is 144 Å². The highest BCUT2D eigenvalue weighted by molar-refractivity contribution is 7.74. The van der Waals surface area contributed by atoms with E-state index in [0.29, 0.717) is 6.42 Å². The maximum Gasteiger partial charge on any atom is 0.416 e. The topological polar surface area (TPSA) is 6.48 Å². The summed E-state index contributed by atoms with van der Waals surface area (Å²) < 4.78 is 46.0. The highest BCUT2D eigenvalue weighted by Gasteiger charge is 2.47.